The molecule has 0 aliphatic carbocycles. The van der Waals surface area contributed by atoms with Crippen molar-refractivity contribution in [1.29, 1.82) is 0 Å². The summed E-state index contributed by atoms with van der Waals surface area (Å²) in [6.45, 7) is 5.25. The quantitative estimate of drug-likeness (QED) is 0.561. The Kier molecular flexibility index (Phi) is 3.23. The van der Waals surface area contributed by atoms with Gasteiger partial charge in [0.2, 0.25) is 0 Å². The molecule has 76 valence electrons. The Labute approximate surface area is 81.9 Å². The monoisotopic (exact) mass is 182 g/mol. The highest BCUT2D eigenvalue weighted by molar-refractivity contribution is 4.81. The van der Waals surface area contributed by atoms with Crippen LogP contribution in [0.1, 0.15) is 32.1 Å². The van der Waals surface area contributed by atoms with Gasteiger partial charge in [-0.1, -0.05) is 19.3 Å². The molecule has 2 heteroatoms. The molecular formula is C11H22N2. The lowest BCUT2D eigenvalue weighted by Crippen LogP contribution is -2.52. The van der Waals surface area contributed by atoms with E-state index in [1.165, 1.54) is 58.3 Å². The van der Waals surface area contributed by atoms with Gasteiger partial charge in [-0.05, 0) is 26.4 Å². The summed E-state index contributed by atoms with van der Waals surface area (Å²) in [5.41, 5.74) is 0. The van der Waals surface area contributed by atoms with Gasteiger partial charge >= 0.3 is 0 Å². The smallest absolute Gasteiger partial charge is 0.0223 e. The van der Waals surface area contributed by atoms with Crippen LogP contribution in [0.15, 0.2) is 0 Å². The van der Waals surface area contributed by atoms with Crippen molar-refractivity contribution in [2.75, 3.05) is 33.2 Å². The zero-order chi connectivity index (χ0) is 9.10. The summed E-state index contributed by atoms with van der Waals surface area (Å²) >= 11 is 0. The molecule has 0 saturated carbocycles. The van der Waals surface area contributed by atoms with Crippen LogP contribution >= 0.6 is 0 Å². The maximum Gasteiger partial charge on any atom is 0.0223 e. The van der Waals surface area contributed by atoms with E-state index in [2.05, 4.69) is 16.8 Å². The Balaban J connectivity index is 1.91. The summed E-state index contributed by atoms with van der Waals surface area (Å²) in [6, 6.07) is 0.874. The Morgan fingerprint density at radius 3 is 2.69 bits per heavy atom. The molecule has 13 heavy (non-hydrogen) atoms. The minimum atomic E-state index is 0.874. The standard InChI is InChI=1S/C11H22N2/c1-12-8-9-13-7-5-3-2-4-6-11(13)10-12/h11H,2-10H2,1H3. The predicted molar refractivity (Wildman–Crippen MR) is 55.9 cm³/mol. The average Bonchev–Trinajstić information content (AvgIpc) is 2.08. The van der Waals surface area contributed by atoms with Crippen LogP contribution in [0.3, 0.4) is 0 Å². The molecule has 2 heterocycles. The van der Waals surface area contributed by atoms with Gasteiger partial charge in [0.05, 0.1) is 0 Å². The Hall–Kier alpha value is -0.0800. The van der Waals surface area contributed by atoms with Gasteiger partial charge in [-0.25, -0.2) is 0 Å². The zero-order valence-corrected chi connectivity index (χ0v) is 8.84. The molecule has 2 aliphatic rings. The predicted octanol–water partition coefficient (Wildman–Crippen LogP) is 1.57. The van der Waals surface area contributed by atoms with Crippen molar-refractivity contribution >= 4 is 0 Å². The number of hydrogen-bond acceptors (Lipinski definition) is 2. The van der Waals surface area contributed by atoms with Crippen molar-refractivity contribution in [2.45, 2.75) is 38.1 Å². The van der Waals surface area contributed by atoms with Gasteiger partial charge < -0.3 is 4.90 Å². The Morgan fingerprint density at radius 1 is 0.923 bits per heavy atom. The molecule has 1 unspecified atom stereocenters. The first kappa shape index (κ1) is 9.47. The number of hydrogen-bond donors (Lipinski definition) is 0. The molecule has 2 rings (SSSR count). The molecule has 0 aromatic carbocycles. The number of fused-ring (bicyclic) bond motifs is 1. The highest BCUT2D eigenvalue weighted by Crippen LogP contribution is 2.19. The second kappa shape index (κ2) is 4.43. The van der Waals surface area contributed by atoms with Crippen LogP contribution in [-0.4, -0.2) is 49.1 Å². The van der Waals surface area contributed by atoms with E-state index >= 15 is 0 Å². The van der Waals surface area contributed by atoms with Gasteiger partial charge in [-0.15, -0.1) is 0 Å². The van der Waals surface area contributed by atoms with E-state index in [4.69, 9.17) is 0 Å². The molecule has 2 aliphatic heterocycles. The number of piperazine rings is 1. The fourth-order valence-corrected chi connectivity index (χ4v) is 2.66. The first-order valence-electron chi connectivity index (χ1n) is 5.79. The number of nitrogens with zero attached hydrogens (tertiary/aromatic N) is 2. The van der Waals surface area contributed by atoms with E-state index in [1.54, 1.807) is 0 Å². The second-order valence-corrected chi connectivity index (χ2v) is 4.65. The molecule has 0 N–H and O–H groups in total. The molecule has 2 saturated heterocycles. The maximum absolute atomic E-state index is 2.72. The molecule has 0 amide bonds. The summed E-state index contributed by atoms with van der Waals surface area (Å²) in [5.74, 6) is 0. The molecular weight excluding hydrogens is 160 g/mol. The van der Waals surface area contributed by atoms with Crippen LogP contribution in [0.4, 0.5) is 0 Å². The third-order valence-corrected chi connectivity index (χ3v) is 3.54. The first-order chi connectivity index (χ1) is 6.36. The maximum atomic E-state index is 2.72. The number of rotatable bonds is 0. The van der Waals surface area contributed by atoms with Crippen LogP contribution in [0, 0.1) is 0 Å². The van der Waals surface area contributed by atoms with Crippen molar-refractivity contribution in [3.8, 4) is 0 Å². The minimum absolute atomic E-state index is 0.874. The lowest BCUT2D eigenvalue weighted by atomic mass is 10.00. The van der Waals surface area contributed by atoms with Gasteiger partial charge in [-0.3, -0.25) is 4.90 Å². The van der Waals surface area contributed by atoms with Crippen LogP contribution in [0.25, 0.3) is 0 Å². The van der Waals surface area contributed by atoms with E-state index in [9.17, 15) is 0 Å². The average molecular weight is 182 g/mol. The molecule has 0 spiro atoms. The van der Waals surface area contributed by atoms with E-state index in [0.717, 1.165) is 6.04 Å². The SMILES string of the molecule is CN1CCN2CCCCCCC2C1. The Bertz CT molecular complexity index is 156. The molecule has 2 nitrogen and oxygen atoms in total. The lowest BCUT2D eigenvalue weighted by Gasteiger charge is -2.41. The van der Waals surface area contributed by atoms with Gasteiger partial charge in [0, 0.05) is 25.7 Å². The van der Waals surface area contributed by atoms with Crippen molar-refractivity contribution in [2.24, 2.45) is 0 Å². The van der Waals surface area contributed by atoms with Gasteiger partial charge in [0.1, 0.15) is 0 Å². The molecule has 0 bridgehead atoms. The van der Waals surface area contributed by atoms with Crippen LogP contribution in [-0.2, 0) is 0 Å². The van der Waals surface area contributed by atoms with Crippen LogP contribution in [0.2, 0.25) is 0 Å². The largest absolute Gasteiger partial charge is 0.304 e. The second-order valence-electron chi connectivity index (χ2n) is 4.65. The third-order valence-electron chi connectivity index (χ3n) is 3.54. The molecule has 0 aromatic rings. The van der Waals surface area contributed by atoms with E-state index in [1.807, 2.05) is 0 Å². The van der Waals surface area contributed by atoms with E-state index in [0.29, 0.717) is 0 Å². The molecule has 0 aromatic heterocycles. The van der Waals surface area contributed by atoms with E-state index in [-0.39, 0.29) is 0 Å². The summed E-state index contributed by atoms with van der Waals surface area (Å²) < 4.78 is 0. The Morgan fingerprint density at radius 2 is 1.77 bits per heavy atom. The number of likely N-dealkylation sites (N-methyl/N-ethyl adjacent to an activating group) is 1. The minimum Gasteiger partial charge on any atom is -0.304 e. The van der Waals surface area contributed by atoms with Gasteiger partial charge in [-0.2, -0.15) is 0 Å². The van der Waals surface area contributed by atoms with Crippen molar-refractivity contribution in [3.63, 3.8) is 0 Å². The first-order valence-corrected chi connectivity index (χ1v) is 5.79. The van der Waals surface area contributed by atoms with Crippen LogP contribution < -0.4 is 0 Å². The van der Waals surface area contributed by atoms with Gasteiger partial charge in [0.25, 0.3) is 0 Å². The fraction of sp³-hybridized carbons (Fsp3) is 1.00. The lowest BCUT2D eigenvalue weighted by molar-refractivity contribution is 0.0758. The topological polar surface area (TPSA) is 6.48 Å². The summed E-state index contributed by atoms with van der Waals surface area (Å²) in [6.07, 6.45) is 7.24. The van der Waals surface area contributed by atoms with Crippen LogP contribution in [0.5, 0.6) is 0 Å². The zero-order valence-electron chi connectivity index (χ0n) is 8.84. The van der Waals surface area contributed by atoms with Crippen molar-refractivity contribution in [1.82, 2.24) is 9.80 Å². The summed E-state index contributed by atoms with van der Waals surface area (Å²) in [7, 11) is 2.26. The highest BCUT2D eigenvalue weighted by Gasteiger charge is 2.24. The third kappa shape index (κ3) is 2.44. The fourth-order valence-electron chi connectivity index (χ4n) is 2.66. The molecule has 2 fully saturated rings. The van der Waals surface area contributed by atoms with E-state index < -0.39 is 0 Å². The highest BCUT2D eigenvalue weighted by atomic mass is 15.3. The van der Waals surface area contributed by atoms with Gasteiger partial charge in [0.15, 0.2) is 0 Å². The summed E-state index contributed by atoms with van der Waals surface area (Å²) in [4.78, 5) is 5.21. The van der Waals surface area contributed by atoms with Crippen molar-refractivity contribution in [3.05, 3.63) is 0 Å². The molecule has 0 radical (unpaired) electrons. The van der Waals surface area contributed by atoms with Crippen molar-refractivity contribution < 1.29 is 0 Å². The normalized spacial score (nSPS) is 33.5. The molecule has 1 atom stereocenters. The summed E-state index contributed by atoms with van der Waals surface area (Å²) in [5, 5.41) is 0.